The highest BCUT2D eigenvalue weighted by molar-refractivity contribution is 6.01. The lowest BCUT2D eigenvalue weighted by molar-refractivity contribution is -0.144. The third kappa shape index (κ3) is 8.64. The van der Waals surface area contributed by atoms with Gasteiger partial charge in [0, 0.05) is 11.4 Å². The van der Waals surface area contributed by atoms with E-state index in [-0.39, 0.29) is 36.4 Å². The first kappa shape index (κ1) is 31.8. The van der Waals surface area contributed by atoms with E-state index in [9.17, 15) is 62.3 Å². The van der Waals surface area contributed by atoms with Crippen LogP contribution >= 0.6 is 0 Å². The Bertz CT molecular complexity index is 1310. The largest absolute Gasteiger partial charge is 0.416 e. The molecule has 0 unspecified atom stereocenters. The van der Waals surface area contributed by atoms with Crippen molar-refractivity contribution in [1.82, 2.24) is 4.98 Å². The summed E-state index contributed by atoms with van der Waals surface area (Å²) in [5.41, 5.74) is -8.58. The summed E-state index contributed by atoms with van der Waals surface area (Å²) in [5.74, 6) is -0.849. The van der Waals surface area contributed by atoms with Gasteiger partial charge in [-0.15, -0.1) is 0 Å². The summed E-state index contributed by atoms with van der Waals surface area (Å²) < 4.78 is 156. The number of pyridine rings is 1. The van der Waals surface area contributed by atoms with Gasteiger partial charge in [0.2, 0.25) is 0 Å². The molecule has 0 aliphatic rings. The summed E-state index contributed by atoms with van der Waals surface area (Å²) >= 11 is 0. The Morgan fingerprint density at radius 3 is 1.02 bits per heavy atom. The van der Waals surface area contributed by atoms with Crippen molar-refractivity contribution in [2.75, 3.05) is 21.3 Å². The molecule has 0 saturated heterocycles. The molecule has 0 radical (unpaired) electrons. The minimum atomic E-state index is -5.18. The zero-order valence-corrected chi connectivity index (χ0v) is 20.0. The molecular weight excluding hydrogens is 606 g/mol. The minimum absolute atomic E-state index is 0.159. The minimum Gasteiger partial charge on any atom is -0.308 e. The van der Waals surface area contributed by atoms with Crippen LogP contribution in [-0.2, 0) is 24.7 Å². The number of anilines is 4. The van der Waals surface area contributed by atoms with E-state index in [2.05, 4.69) is 4.98 Å². The fourth-order valence-corrected chi connectivity index (χ4v) is 3.19. The number of alkyl halides is 12. The quantitative estimate of drug-likeness (QED) is 0.221. The van der Waals surface area contributed by atoms with Crippen molar-refractivity contribution in [2.24, 2.45) is 0 Å². The van der Waals surface area contributed by atoms with Crippen LogP contribution in [0.2, 0.25) is 0 Å². The molecule has 1 heterocycles. The number of carbonyl (C=O) groups is 2. The van der Waals surface area contributed by atoms with Gasteiger partial charge in [0.15, 0.2) is 0 Å². The van der Waals surface area contributed by atoms with E-state index in [0.717, 1.165) is 18.2 Å². The fraction of sp³-hybridized carbons (Fsp3) is 0.174. The monoisotopic (exact) mass is 619 g/mol. The zero-order valence-electron chi connectivity index (χ0n) is 20.0. The van der Waals surface area contributed by atoms with Crippen LogP contribution in [0.1, 0.15) is 22.3 Å². The smallest absolute Gasteiger partial charge is 0.308 e. The maximum atomic E-state index is 13.0. The molecule has 0 aliphatic heterocycles. The van der Waals surface area contributed by atoms with Crippen molar-refractivity contribution in [3.8, 4) is 0 Å². The molecule has 3 rings (SSSR count). The summed E-state index contributed by atoms with van der Waals surface area (Å²) in [5, 5.41) is 7.49. The summed E-state index contributed by atoms with van der Waals surface area (Å²) in [7, 11) is 0. The Morgan fingerprint density at radius 2 is 0.762 bits per heavy atom. The van der Waals surface area contributed by atoms with Crippen LogP contribution in [0.15, 0.2) is 54.6 Å². The van der Waals surface area contributed by atoms with Crippen molar-refractivity contribution in [1.29, 1.82) is 0 Å². The molecule has 7 nitrogen and oxygen atoms in total. The average molecular weight is 619 g/mol. The molecule has 4 amide bonds. The molecular formula is C23H13F12N5O2. The number of nitrogens with zero attached hydrogens (tertiary/aromatic N) is 1. The predicted octanol–water partition coefficient (Wildman–Crippen LogP) is 8.44. The number of rotatable bonds is 4. The van der Waals surface area contributed by atoms with Crippen LogP contribution in [0.4, 0.5) is 85.3 Å². The SMILES string of the molecule is O=C(Nc1cc(C(F)(F)F)cc(C(F)(F)F)c1)Nc1cccc(NC(=O)Nc2cc(C(F)(F)F)cc(C(F)(F)F)c2)n1. The average Bonchev–Trinajstić information content (AvgIpc) is 2.81. The Kier molecular flexibility index (Phi) is 8.55. The molecule has 2 aromatic carbocycles. The number of amides is 4. The molecule has 42 heavy (non-hydrogen) atoms. The van der Waals surface area contributed by atoms with Gasteiger partial charge in [0.25, 0.3) is 0 Å². The Morgan fingerprint density at radius 1 is 0.476 bits per heavy atom. The lowest BCUT2D eigenvalue weighted by atomic mass is 10.1. The molecule has 1 aromatic heterocycles. The van der Waals surface area contributed by atoms with Gasteiger partial charge in [-0.05, 0) is 48.5 Å². The molecule has 0 atom stereocenters. The maximum Gasteiger partial charge on any atom is 0.416 e. The van der Waals surface area contributed by atoms with E-state index in [1.165, 1.54) is 0 Å². The lowest BCUT2D eigenvalue weighted by Crippen LogP contribution is -2.23. The van der Waals surface area contributed by atoms with Crippen LogP contribution in [0.3, 0.4) is 0 Å². The van der Waals surface area contributed by atoms with Gasteiger partial charge in [-0.25, -0.2) is 14.6 Å². The van der Waals surface area contributed by atoms with E-state index in [0.29, 0.717) is 0 Å². The number of halogens is 12. The number of hydrogen-bond donors (Lipinski definition) is 4. The summed E-state index contributed by atoms with van der Waals surface area (Å²) in [6.07, 6.45) is -20.7. The van der Waals surface area contributed by atoms with E-state index in [1.54, 1.807) is 10.6 Å². The van der Waals surface area contributed by atoms with Gasteiger partial charge in [-0.2, -0.15) is 52.7 Å². The number of hydrogen-bond acceptors (Lipinski definition) is 3. The second kappa shape index (κ2) is 11.3. The van der Waals surface area contributed by atoms with Crippen molar-refractivity contribution in [3.05, 3.63) is 76.9 Å². The first-order chi connectivity index (χ1) is 19.1. The lowest BCUT2D eigenvalue weighted by Gasteiger charge is -2.15. The third-order valence-electron chi connectivity index (χ3n) is 4.92. The Hall–Kier alpha value is -4.71. The summed E-state index contributed by atoms with van der Waals surface area (Å²) in [6, 6.07) is 1.19. The van der Waals surface area contributed by atoms with Crippen molar-refractivity contribution >= 4 is 35.1 Å². The Labute approximate surface area is 225 Å². The van der Waals surface area contributed by atoms with Crippen LogP contribution in [0.25, 0.3) is 0 Å². The van der Waals surface area contributed by atoms with Crippen molar-refractivity contribution in [2.45, 2.75) is 24.7 Å². The van der Waals surface area contributed by atoms with E-state index >= 15 is 0 Å². The highest BCUT2D eigenvalue weighted by atomic mass is 19.4. The number of carbonyl (C=O) groups excluding carboxylic acids is 2. The molecule has 0 fully saturated rings. The molecule has 0 bridgehead atoms. The van der Waals surface area contributed by atoms with Gasteiger partial charge < -0.3 is 10.6 Å². The summed E-state index contributed by atoms with van der Waals surface area (Å²) in [6.45, 7) is 0. The maximum absolute atomic E-state index is 13.0. The number of aromatic nitrogens is 1. The normalized spacial score (nSPS) is 12.5. The molecule has 226 valence electrons. The van der Waals surface area contributed by atoms with Gasteiger partial charge in [0.1, 0.15) is 11.6 Å². The number of nitrogens with one attached hydrogen (secondary N) is 4. The molecule has 4 N–H and O–H groups in total. The van der Waals surface area contributed by atoms with Crippen LogP contribution in [0, 0.1) is 0 Å². The van der Waals surface area contributed by atoms with E-state index < -0.39 is 82.0 Å². The van der Waals surface area contributed by atoms with Crippen LogP contribution in [-0.4, -0.2) is 17.0 Å². The second-order valence-corrected chi connectivity index (χ2v) is 8.16. The van der Waals surface area contributed by atoms with Crippen LogP contribution in [0.5, 0.6) is 0 Å². The van der Waals surface area contributed by atoms with Gasteiger partial charge in [-0.1, -0.05) is 6.07 Å². The van der Waals surface area contributed by atoms with Gasteiger partial charge in [-0.3, -0.25) is 10.6 Å². The first-order valence-electron chi connectivity index (χ1n) is 10.8. The van der Waals surface area contributed by atoms with E-state index in [1.807, 2.05) is 10.6 Å². The highest BCUT2D eigenvalue weighted by Crippen LogP contribution is 2.39. The molecule has 0 spiro atoms. The Balaban J connectivity index is 1.73. The predicted molar refractivity (Wildman–Crippen MR) is 122 cm³/mol. The summed E-state index contributed by atoms with van der Waals surface area (Å²) in [4.78, 5) is 28.1. The second-order valence-electron chi connectivity index (χ2n) is 8.16. The highest BCUT2D eigenvalue weighted by Gasteiger charge is 2.38. The number of benzene rings is 2. The van der Waals surface area contributed by atoms with Crippen molar-refractivity contribution < 1.29 is 62.3 Å². The third-order valence-corrected chi connectivity index (χ3v) is 4.92. The fourth-order valence-electron chi connectivity index (χ4n) is 3.19. The first-order valence-corrected chi connectivity index (χ1v) is 10.8. The molecule has 0 aliphatic carbocycles. The van der Waals surface area contributed by atoms with Gasteiger partial charge in [0.05, 0.1) is 22.3 Å². The molecule has 19 heteroatoms. The van der Waals surface area contributed by atoms with Gasteiger partial charge >= 0.3 is 36.8 Å². The number of urea groups is 2. The topological polar surface area (TPSA) is 95.2 Å². The van der Waals surface area contributed by atoms with Crippen molar-refractivity contribution in [3.63, 3.8) is 0 Å². The standard InChI is InChI=1S/C23H13F12N5O2/c24-20(25,26)10-4-11(21(27,28)29)7-14(6-10)36-18(41)39-16-2-1-3-17(38-16)40-19(42)37-15-8-12(22(30,31)32)5-13(9-15)23(33,34)35/h1-9H,(H4,36,37,38,39,40,41,42). The van der Waals surface area contributed by atoms with E-state index in [4.69, 9.17) is 0 Å². The molecule has 3 aromatic rings. The molecule has 0 saturated carbocycles. The van der Waals surface area contributed by atoms with Crippen LogP contribution < -0.4 is 21.3 Å². The zero-order chi connectivity index (χ0) is 31.7.